The molecule has 0 bridgehead atoms. The lowest BCUT2D eigenvalue weighted by molar-refractivity contribution is 0.0618. The Morgan fingerprint density at radius 1 is 1.20 bits per heavy atom. The van der Waals surface area contributed by atoms with Gasteiger partial charge in [-0.15, -0.1) is 0 Å². The Hall–Kier alpha value is -2.86. The van der Waals surface area contributed by atoms with Gasteiger partial charge >= 0.3 is 6.09 Å². The van der Waals surface area contributed by atoms with Crippen molar-refractivity contribution in [1.29, 1.82) is 0 Å². The maximum atomic E-state index is 11.8. The van der Waals surface area contributed by atoms with E-state index in [2.05, 4.69) is 22.6 Å². The number of nitrogens with zero attached hydrogens (tertiary/aromatic N) is 2. The summed E-state index contributed by atoms with van der Waals surface area (Å²) >= 11 is 6.12. The molecule has 1 aromatic heterocycles. The van der Waals surface area contributed by atoms with Crippen LogP contribution in [0.4, 0.5) is 4.79 Å². The number of benzene rings is 2. The van der Waals surface area contributed by atoms with E-state index in [1.54, 1.807) is 0 Å². The Kier molecular flexibility index (Phi) is 6.04. The molecule has 0 aliphatic heterocycles. The molecule has 0 spiro atoms. The number of carbonyl (C=O) groups is 1. The van der Waals surface area contributed by atoms with Crippen molar-refractivity contribution in [3.63, 3.8) is 0 Å². The fourth-order valence-corrected chi connectivity index (χ4v) is 4.28. The average molecular weight is 426 g/mol. The van der Waals surface area contributed by atoms with E-state index in [0.29, 0.717) is 23.3 Å². The summed E-state index contributed by atoms with van der Waals surface area (Å²) in [5.74, 6) is 1.10. The molecule has 6 nitrogen and oxygen atoms in total. The largest absolute Gasteiger partial charge is 0.446 e. The lowest BCUT2D eigenvalue weighted by Crippen LogP contribution is -2.38. The Labute approximate surface area is 180 Å². The number of hydrogen-bond donors (Lipinski definition) is 1. The van der Waals surface area contributed by atoms with Gasteiger partial charge in [0.1, 0.15) is 6.10 Å². The Morgan fingerprint density at radius 2 is 1.97 bits per heavy atom. The molecule has 0 radical (unpaired) electrons. The number of aromatic nitrogens is 2. The average Bonchev–Trinajstić information content (AvgIpc) is 3.26. The first-order chi connectivity index (χ1) is 14.6. The summed E-state index contributed by atoms with van der Waals surface area (Å²) in [4.78, 5) is 16.6. The van der Waals surface area contributed by atoms with Gasteiger partial charge in [-0.1, -0.05) is 53.2 Å². The van der Waals surface area contributed by atoms with E-state index in [4.69, 9.17) is 25.8 Å². The second-order valence-corrected chi connectivity index (χ2v) is 7.95. The highest BCUT2D eigenvalue weighted by Crippen LogP contribution is 2.44. The number of rotatable bonds is 5. The lowest BCUT2D eigenvalue weighted by Gasteiger charge is -2.38. The number of alkyl carbamates (subject to hydrolysis) is 1. The molecule has 1 amide bonds. The Balaban J connectivity index is 1.62. The molecule has 156 valence electrons. The second kappa shape index (κ2) is 8.88. The molecule has 0 saturated heterocycles. The van der Waals surface area contributed by atoms with E-state index in [1.165, 1.54) is 0 Å². The Morgan fingerprint density at radius 3 is 2.67 bits per heavy atom. The normalized spacial score (nSPS) is 21.2. The van der Waals surface area contributed by atoms with Crippen molar-refractivity contribution in [1.82, 2.24) is 15.5 Å². The number of nitrogens with one attached hydrogen (secondary N) is 1. The monoisotopic (exact) mass is 425 g/mol. The van der Waals surface area contributed by atoms with Gasteiger partial charge in [0.25, 0.3) is 5.89 Å². The summed E-state index contributed by atoms with van der Waals surface area (Å²) in [7, 11) is 0. The van der Waals surface area contributed by atoms with Crippen LogP contribution in [0.5, 0.6) is 0 Å². The van der Waals surface area contributed by atoms with E-state index in [0.717, 1.165) is 36.8 Å². The van der Waals surface area contributed by atoms with E-state index >= 15 is 0 Å². The summed E-state index contributed by atoms with van der Waals surface area (Å²) in [6.07, 6.45) is 2.50. The first-order valence-electron chi connectivity index (χ1n) is 10.2. The van der Waals surface area contributed by atoms with E-state index in [1.807, 2.05) is 49.4 Å². The maximum Gasteiger partial charge on any atom is 0.407 e. The molecule has 0 atom stereocenters. The van der Waals surface area contributed by atoms with Crippen LogP contribution in [0.2, 0.25) is 5.02 Å². The molecule has 3 aromatic rings. The molecule has 0 unspecified atom stereocenters. The fraction of sp³-hybridized carbons (Fsp3) is 0.348. The van der Waals surface area contributed by atoms with Crippen LogP contribution in [-0.2, 0) is 10.2 Å². The van der Waals surface area contributed by atoms with Crippen LogP contribution in [0.1, 0.15) is 44.0 Å². The number of ether oxygens (including phenoxy) is 1. The van der Waals surface area contributed by atoms with Gasteiger partial charge < -0.3 is 14.6 Å². The Bertz CT molecular complexity index is 998. The molecule has 1 aliphatic carbocycles. The molecule has 1 fully saturated rings. The standard InChI is InChI=1S/C23H24ClN3O3/c1-2-25-22(28)29-19-11-13-23(14-12-19,17-8-4-3-5-9-17)21-26-20(30-27-21)16-7-6-10-18(24)15-16/h3-10,15,19H,2,11-14H2,1H3,(H,25,28). The molecule has 1 aliphatic rings. The molecular formula is C23H24ClN3O3. The van der Waals surface area contributed by atoms with E-state index in [9.17, 15) is 4.79 Å². The number of hydrogen-bond acceptors (Lipinski definition) is 5. The van der Waals surface area contributed by atoms with Crippen molar-refractivity contribution >= 4 is 17.7 Å². The van der Waals surface area contributed by atoms with Crippen molar-refractivity contribution in [3.8, 4) is 11.5 Å². The third kappa shape index (κ3) is 4.19. The van der Waals surface area contributed by atoms with Crippen LogP contribution in [-0.4, -0.2) is 28.9 Å². The third-order valence-electron chi connectivity index (χ3n) is 5.63. The van der Waals surface area contributed by atoms with Crippen LogP contribution >= 0.6 is 11.6 Å². The number of amides is 1. The topological polar surface area (TPSA) is 77.2 Å². The minimum Gasteiger partial charge on any atom is -0.446 e. The highest BCUT2D eigenvalue weighted by Gasteiger charge is 2.43. The molecule has 1 N–H and O–H groups in total. The summed E-state index contributed by atoms with van der Waals surface area (Å²) in [6, 6.07) is 17.6. The van der Waals surface area contributed by atoms with Crippen molar-refractivity contribution in [2.45, 2.75) is 44.1 Å². The number of halogens is 1. The third-order valence-corrected chi connectivity index (χ3v) is 5.87. The smallest absolute Gasteiger partial charge is 0.407 e. The van der Waals surface area contributed by atoms with Crippen LogP contribution in [0, 0.1) is 0 Å². The molecule has 30 heavy (non-hydrogen) atoms. The zero-order valence-corrected chi connectivity index (χ0v) is 17.6. The first kappa shape index (κ1) is 20.4. The van der Waals surface area contributed by atoms with Crippen molar-refractivity contribution < 1.29 is 14.1 Å². The van der Waals surface area contributed by atoms with Gasteiger partial charge in [-0.05, 0) is 56.4 Å². The van der Waals surface area contributed by atoms with Gasteiger partial charge in [0.15, 0.2) is 5.82 Å². The molecule has 1 saturated carbocycles. The van der Waals surface area contributed by atoms with Gasteiger partial charge in [0.05, 0.1) is 5.41 Å². The summed E-state index contributed by atoms with van der Waals surface area (Å²) in [6.45, 7) is 2.42. The van der Waals surface area contributed by atoms with Crippen LogP contribution in [0.15, 0.2) is 59.1 Å². The molecule has 1 heterocycles. The molecular weight excluding hydrogens is 402 g/mol. The zero-order chi connectivity index (χ0) is 21.0. The van der Waals surface area contributed by atoms with Crippen molar-refractivity contribution in [3.05, 3.63) is 71.0 Å². The van der Waals surface area contributed by atoms with Gasteiger partial charge in [-0.3, -0.25) is 0 Å². The second-order valence-electron chi connectivity index (χ2n) is 7.52. The molecule has 2 aromatic carbocycles. The van der Waals surface area contributed by atoms with Crippen LogP contribution in [0.25, 0.3) is 11.5 Å². The van der Waals surface area contributed by atoms with E-state index in [-0.39, 0.29) is 17.6 Å². The van der Waals surface area contributed by atoms with Gasteiger partial charge in [-0.2, -0.15) is 4.98 Å². The predicted octanol–water partition coefficient (Wildman–Crippen LogP) is 5.36. The SMILES string of the molecule is CCNC(=O)OC1CCC(c2ccccc2)(c2noc(-c3cccc(Cl)c3)n2)CC1. The highest BCUT2D eigenvalue weighted by molar-refractivity contribution is 6.30. The zero-order valence-electron chi connectivity index (χ0n) is 16.8. The lowest BCUT2D eigenvalue weighted by atomic mass is 9.68. The van der Waals surface area contributed by atoms with Crippen molar-refractivity contribution in [2.75, 3.05) is 6.54 Å². The van der Waals surface area contributed by atoms with E-state index < -0.39 is 0 Å². The number of carbonyl (C=O) groups excluding carboxylic acids is 1. The summed E-state index contributed by atoms with van der Waals surface area (Å²) < 4.78 is 11.2. The molecule has 7 heteroatoms. The maximum absolute atomic E-state index is 11.8. The molecule has 4 rings (SSSR count). The quantitative estimate of drug-likeness (QED) is 0.595. The fourth-order valence-electron chi connectivity index (χ4n) is 4.09. The van der Waals surface area contributed by atoms with Gasteiger partial charge in [0.2, 0.25) is 0 Å². The van der Waals surface area contributed by atoms with Crippen molar-refractivity contribution in [2.24, 2.45) is 0 Å². The van der Waals surface area contributed by atoms with Gasteiger partial charge in [0, 0.05) is 17.1 Å². The van der Waals surface area contributed by atoms with Crippen LogP contribution < -0.4 is 5.32 Å². The van der Waals surface area contributed by atoms with Gasteiger partial charge in [-0.25, -0.2) is 4.79 Å². The predicted molar refractivity (Wildman–Crippen MR) is 114 cm³/mol. The summed E-state index contributed by atoms with van der Waals surface area (Å²) in [5.41, 5.74) is 1.54. The summed E-state index contributed by atoms with van der Waals surface area (Å²) in [5, 5.41) is 7.67. The highest BCUT2D eigenvalue weighted by atomic mass is 35.5. The minimum atomic E-state index is -0.386. The first-order valence-corrected chi connectivity index (χ1v) is 10.6. The van der Waals surface area contributed by atoms with Crippen LogP contribution in [0.3, 0.4) is 0 Å². The minimum absolute atomic E-state index is 0.118.